The highest BCUT2D eigenvalue weighted by Gasteiger charge is 2.73. The number of carbonyl (C=O) groups is 2. The number of nitrogens with zero attached hydrogens (tertiary/aromatic N) is 1. The number of halogens is 2. The van der Waals surface area contributed by atoms with Gasteiger partial charge in [0, 0.05) is 17.9 Å². The maximum atomic E-state index is 16.5. The number of aliphatic hydroxyl groups excluding tert-OH is 3. The van der Waals surface area contributed by atoms with E-state index in [0.717, 1.165) is 29.6 Å². The molecule has 1 aromatic rings. The molecule has 0 radical (unpaired) electrons. The van der Waals surface area contributed by atoms with E-state index in [2.05, 4.69) is 6.08 Å². The van der Waals surface area contributed by atoms with Gasteiger partial charge in [-0.2, -0.15) is 0 Å². The number of rotatable bonds is 7. The number of Topliss-reactive ketones (excluding diaryl/α,β-unsaturated/α-hetero) is 2. The van der Waals surface area contributed by atoms with Gasteiger partial charge in [0.2, 0.25) is 0 Å². The maximum Gasteiger partial charge on any atom is 0.197 e. The van der Waals surface area contributed by atoms with Crippen LogP contribution in [-0.4, -0.2) is 69.6 Å². The van der Waals surface area contributed by atoms with Crippen molar-refractivity contribution >= 4 is 11.6 Å². The molecule has 1 aliphatic heterocycles. The van der Waals surface area contributed by atoms with E-state index >= 15 is 8.78 Å². The van der Waals surface area contributed by atoms with Gasteiger partial charge in [-0.15, -0.1) is 0 Å². The lowest BCUT2D eigenvalue weighted by Gasteiger charge is -2.59. The van der Waals surface area contributed by atoms with Gasteiger partial charge in [-0.25, -0.2) is 13.8 Å². The number of benzene rings is 1. The third kappa shape index (κ3) is 3.77. The number of fused-ring (bicyclic) bond motifs is 5. The van der Waals surface area contributed by atoms with Crippen molar-refractivity contribution in [1.29, 1.82) is 0 Å². The lowest BCUT2D eigenvalue weighted by molar-refractivity contribution is -0.267. The number of hydrogen-bond donors (Lipinski definition) is 3. The number of carbonyl (C=O) groups excluding carboxylic acids is 2. The Kier molecular flexibility index (Phi) is 6.80. The number of hydroxylamine groups is 2. The Balaban J connectivity index is 1.55. The predicted molar refractivity (Wildman–Crippen MR) is 142 cm³/mol. The minimum atomic E-state index is -2.26. The van der Waals surface area contributed by atoms with Gasteiger partial charge in [0.15, 0.2) is 17.2 Å². The van der Waals surface area contributed by atoms with Crippen molar-refractivity contribution in [2.75, 3.05) is 19.8 Å². The minimum Gasteiger partial charge on any atom is -0.491 e. The smallest absolute Gasteiger partial charge is 0.197 e. The van der Waals surface area contributed by atoms with E-state index < -0.39 is 58.8 Å². The number of aliphatic hydroxyl groups is 3. The van der Waals surface area contributed by atoms with Gasteiger partial charge in [0.25, 0.3) is 0 Å². The van der Waals surface area contributed by atoms with Crippen LogP contribution < -0.4 is 4.74 Å². The molecular formula is C31H33F2NO7. The standard InChI is InChI=1S/C31H33F2NO7/c1-16-26(32)25-23(37)13-22-21-12-18-4-3-5-20(18)27(21)34(14-17-6-8-19(9-7-17)40-11-10-35)41-31(22,24(38)15-36)30(25,2)29(33)28(16)39/h4,6-9,16,28-29,35-36,39H,3,5,10-15H2,1-2H3/t16-,28?,29?,30?,31?/m0/s1. The highest BCUT2D eigenvalue weighted by atomic mass is 19.1. The molecule has 41 heavy (non-hydrogen) atoms. The molecule has 5 atom stereocenters. The molecule has 4 unspecified atom stereocenters. The molecule has 1 aromatic carbocycles. The van der Waals surface area contributed by atoms with Crippen LogP contribution >= 0.6 is 0 Å². The van der Waals surface area contributed by atoms with Crippen molar-refractivity contribution < 1.29 is 43.3 Å². The topological polar surface area (TPSA) is 117 Å². The lowest BCUT2D eigenvalue weighted by Crippen LogP contribution is -2.71. The summed E-state index contributed by atoms with van der Waals surface area (Å²) >= 11 is 0. The zero-order chi connectivity index (χ0) is 29.3. The summed E-state index contributed by atoms with van der Waals surface area (Å²) in [5, 5.41) is 31.6. The summed E-state index contributed by atoms with van der Waals surface area (Å²) in [6.45, 7) is 1.65. The third-order valence-corrected chi connectivity index (χ3v) is 9.41. The molecule has 218 valence electrons. The number of allylic oxidation sites excluding steroid dienone is 4. The first kappa shape index (κ1) is 28.0. The van der Waals surface area contributed by atoms with Crippen LogP contribution in [-0.2, 0) is 21.0 Å². The average Bonchev–Trinajstić information content (AvgIpc) is 3.57. The highest BCUT2D eigenvalue weighted by Crippen LogP contribution is 2.64. The molecule has 6 rings (SSSR count). The number of ether oxygens (including phenoxy) is 1. The fourth-order valence-corrected chi connectivity index (χ4v) is 7.40. The summed E-state index contributed by atoms with van der Waals surface area (Å²) < 4.78 is 37.7. The van der Waals surface area contributed by atoms with Crippen molar-refractivity contribution in [3.8, 4) is 5.75 Å². The minimum absolute atomic E-state index is 0.116. The van der Waals surface area contributed by atoms with E-state index in [9.17, 15) is 19.8 Å². The van der Waals surface area contributed by atoms with Gasteiger partial charge >= 0.3 is 0 Å². The summed E-state index contributed by atoms with van der Waals surface area (Å²) in [4.78, 5) is 34.1. The third-order valence-electron chi connectivity index (χ3n) is 9.41. The summed E-state index contributed by atoms with van der Waals surface area (Å²) in [6.07, 6.45) is -0.383. The van der Waals surface area contributed by atoms with Crippen LogP contribution in [0.2, 0.25) is 0 Å². The molecule has 0 bridgehead atoms. The van der Waals surface area contributed by atoms with Crippen LogP contribution in [0.5, 0.6) is 5.75 Å². The zero-order valence-electron chi connectivity index (χ0n) is 23.0. The molecule has 0 amide bonds. The van der Waals surface area contributed by atoms with Crippen molar-refractivity contribution in [2.24, 2.45) is 11.3 Å². The molecule has 5 aliphatic rings. The zero-order valence-corrected chi connectivity index (χ0v) is 23.0. The van der Waals surface area contributed by atoms with Gasteiger partial charge < -0.3 is 20.1 Å². The first-order valence-corrected chi connectivity index (χ1v) is 13.9. The van der Waals surface area contributed by atoms with Crippen LogP contribution in [0.15, 0.2) is 69.7 Å². The summed E-state index contributed by atoms with van der Waals surface area (Å²) in [7, 11) is 0. The number of ketones is 2. The summed E-state index contributed by atoms with van der Waals surface area (Å²) in [5.74, 6) is -3.25. The highest BCUT2D eigenvalue weighted by molar-refractivity contribution is 6.08. The largest absolute Gasteiger partial charge is 0.491 e. The summed E-state index contributed by atoms with van der Waals surface area (Å²) in [5.41, 5.74) is -0.595. The van der Waals surface area contributed by atoms with Crippen LogP contribution in [0.4, 0.5) is 8.78 Å². The van der Waals surface area contributed by atoms with Crippen LogP contribution in [0.1, 0.15) is 45.1 Å². The van der Waals surface area contributed by atoms with Crippen molar-refractivity contribution in [1.82, 2.24) is 5.06 Å². The van der Waals surface area contributed by atoms with Crippen LogP contribution in [0.25, 0.3) is 0 Å². The Bertz CT molecular complexity index is 1440. The van der Waals surface area contributed by atoms with Gasteiger partial charge in [-0.3, -0.25) is 14.4 Å². The first-order valence-electron chi connectivity index (χ1n) is 13.9. The monoisotopic (exact) mass is 569 g/mol. The van der Waals surface area contributed by atoms with E-state index in [1.807, 2.05) is 0 Å². The van der Waals surface area contributed by atoms with E-state index in [0.29, 0.717) is 23.4 Å². The fraction of sp³-hybridized carbons (Fsp3) is 0.484. The molecule has 1 saturated carbocycles. The first-order chi connectivity index (χ1) is 19.6. The number of hydrogen-bond acceptors (Lipinski definition) is 8. The van der Waals surface area contributed by atoms with Crippen molar-refractivity contribution in [3.63, 3.8) is 0 Å². The summed E-state index contributed by atoms with van der Waals surface area (Å²) in [6, 6.07) is 7.04. The average molecular weight is 570 g/mol. The van der Waals surface area contributed by atoms with E-state index in [-0.39, 0.29) is 31.8 Å². The molecule has 3 N–H and O–H groups in total. The Hall–Kier alpha value is -3.18. The molecule has 1 fully saturated rings. The van der Waals surface area contributed by atoms with Crippen LogP contribution in [0, 0.1) is 11.3 Å². The molecular weight excluding hydrogens is 536 g/mol. The second kappa shape index (κ2) is 9.97. The molecule has 0 spiro atoms. The van der Waals surface area contributed by atoms with Gasteiger partial charge in [0.1, 0.15) is 31.0 Å². The molecule has 0 aromatic heterocycles. The van der Waals surface area contributed by atoms with E-state index in [1.54, 1.807) is 24.3 Å². The maximum absolute atomic E-state index is 16.5. The normalized spacial score (nSPS) is 32.6. The van der Waals surface area contributed by atoms with E-state index in [1.165, 1.54) is 18.9 Å². The van der Waals surface area contributed by atoms with Crippen molar-refractivity contribution in [3.05, 3.63) is 75.3 Å². The van der Waals surface area contributed by atoms with Crippen molar-refractivity contribution in [2.45, 2.75) is 64.0 Å². The second-order valence-electron chi connectivity index (χ2n) is 11.5. The molecule has 8 nitrogen and oxygen atoms in total. The molecule has 4 aliphatic carbocycles. The second-order valence-corrected chi connectivity index (χ2v) is 11.5. The lowest BCUT2D eigenvalue weighted by atomic mass is 9.50. The molecule has 10 heteroatoms. The molecule has 0 saturated heterocycles. The number of alkyl halides is 1. The SMILES string of the molecule is C[C@H]1C(F)=C2C(=O)CC3=C4CC5=CCCC5=C4N(Cc4ccc(OCCO)cc4)OC3(C(=O)CO)C2(C)C(F)C1O. The van der Waals surface area contributed by atoms with E-state index in [4.69, 9.17) is 14.7 Å². The van der Waals surface area contributed by atoms with Crippen LogP contribution in [0.3, 0.4) is 0 Å². The predicted octanol–water partition coefficient (Wildman–Crippen LogP) is 3.33. The van der Waals surface area contributed by atoms with Gasteiger partial charge in [-0.1, -0.05) is 25.1 Å². The molecule has 1 heterocycles. The van der Waals surface area contributed by atoms with Gasteiger partial charge in [-0.05, 0) is 66.2 Å². The van der Waals surface area contributed by atoms with Gasteiger partial charge in [0.05, 0.1) is 30.4 Å². The fourth-order valence-electron chi connectivity index (χ4n) is 7.40. The Morgan fingerprint density at radius 3 is 2.61 bits per heavy atom. The quantitative estimate of drug-likeness (QED) is 0.458. The Morgan fingerprint density at radius 1 is 1.20 bits per heavy atom. The Morgan fingerprint density at radius 2 is 1.93 bits per heavy atom. The Labute approximate surface area is 236 Å².